The summed E-state index contributed by atoms with van der Waals surface area (Å²) in [4.78, 5) is 12.4. The number of benzene rings is 1. The van der Waals surface area contributed by atoms with Crippen LogP contribution in [0.1, 0.15) is 57.1 Å². The Kier molecular flexibility index (Phi) is 6.19. The van der Waals surface area contributed by atoms with Crippen LogP contribution in [0.3, 0.4) is 0 Å². The Balaban J connectivity index is 2.22. The molecule has 0 saturated heterocycles. The van der Waals surface area contributed by atoms with Crippen LogP contribution in [0.5, 0.6) is 5.75 Å². The first-order valence-electron chi connectivity index (χ1n) is 8.91. The van der Waals surface area contributed by atoms with Crippen molar-refractivity contribution in [1.29, 1.82) is 0 Å². The number of aliphatic hydroxyl groups is 1. The molecule has 0 spiro atoms. The molecular formula is C19H25F3N2O3. The maximum atomic E-state index is 13.4. The SMILES string of the molecule is CCCC1=NN(C(=O)COc2cc(C)ccc2C(C)C)[C@@](O)(C(F)(F)F)C1. The summed E-state index contributed by atoms with van der Waals surface area (Å²) < 4.78 is 45.7. The molecule has 1 aromatic rings. The maximum absolute atomic E-state index is 13.4. The molecule has 0 radical (unpaired) electrons. The lowest BCUT2D eigenvalue weighted by Gasteiger charge is -2.32. The summed E-state index contributed by atoms with van der Waals surface area (Å²) in [6, 6.07) is 5.49. The van der Waals surface area contributed by atoms with E-state index in [0.29, 0.717) is 12.2 Å². The van der Waals surface area contributed by atoms with Crippen LogP contribution in [-0.2, 0) is 4.79 Å². The minimum atomic E-state index is -5.02. The average Bonchev–Trinajstić information content (AvgIpc) is 2.90. The average molecular weight is 386 g/mol. The van der Waals surface area contributed by atoms with Gasteiger partial charge in [-0.15, -0.1) is 0 Å². The molecule has 5 nitrogen and oxygen atoms in total. The highest BCUT2D eigenvalue weighted by atomic mass is 19.4. The van der Waals surface area contributed by atoms with Crippen molar-refractivity contribution in [2.45, 2.75) is 64.8 Å². The number of nitrogens with zero attached hydrogens (tertiary/aromatic N) is 2. The van der Waals surface area contributed by atoms with E-state index in [2.05, 4.69) is 5.10 Å². The van der Waals surface area contributed by atoms with Crippen LogP contribution in [0.2, 0.25) is 0 Å². The van der Waals surface area contributed by atoms with Gasteiger partial charge in [-0.1, -0.05) is 39.3 Å². The molecule has 2 rings (SSSR count). The summed E-state index contributed by atoms with van der Waals surface area (Å²) in [6.45, 7) is 6.88. The molecule has 0 bridgehead atoms. The Morgan fingerprint density at radius 1 is 1.41 bits per heavy atom. The van der Waals surface area contributed by atoms with Gasteiger partial charge in [0.2, 0.25) is 0 Å². The number of rotatable bonds is 6. The molecule has 0 aromatic heterocycles. The fourth-order valence-corrected chi connectivity index (χ4v) is 2.97. The topological polar surface area (TPSA) is 62.1 Å². The Labute approximate surface area is 156 Å². The van der Waals surface area contributed by atoms with E-state index in [4.69, 9.17) is 4.74 Å². The Bertz CT molecular complexity index is 731. The lowest BCUT2D eigenvalue weighted by molar-refractivity contribution is -0.302. The van der Waals surface area contributed by atoms with Crippen LogP contribution < -0.4 is 4.74 Å². The van der Waals surface area contributed by atoms with Gasteiger partial charge in [-0.25, -0.2) is 0 Å². The largest absolute Gasteiger partial charge is 0.483 e. The molecule has 150 valence electrons. The molecule has 0 saturated carbocycles. The maximum Gasteiger partial charge on any atom is 0.438 e. The molecule has 1 atom stereocenters. The number of aryl methyl sites for hydroxylation is 1. The summed E-state index contributed by atoms with van der Waals surface area (Å²) in [5.41, 5.74) is -1.44. The molecule has 1 heterocycles. The highest BCUT2D eigenvalue weighted by molar-refractivity contribution is 5.91. The normalized spacial score (nSPS) is 20.2. The number of alkyl halides is 3. The summed E-state index contributed by atoms with van der Waals surface area (Å²) in [7, 11) is 0. The first-order chi connectivity index (χ1) is 12.5. The second-order valence-electron chi connectivity index (χ2n) is 7.10. The van der Waals surface area contributed by atoms with Gasteiger partial charge in [-0.3, -0.25) is 4.79 Å². The van der Waals surface area contributed by atoms with E-state index in [9.17, 15) is 23.1 Å². The van der Waals surface area contributed by atoms with Crippen LogP contribution in [0, 0.1) is 6.92 Å². The van der Waals surface area contributed by atoms with E-state index in [0.717, 1.165) is 11.1 Å². The standard InChI is InChI=1S/C19H25F3N2O3/c1-5-6-14-10-18(26,19(20,21)22)24(23-14)17(25)11-27-16-9-13(4)7-8-15(16)12(2)3/h7-9,12,26H,5-6,10-11H2,1-4H3/t18-/m0/s1. The second-order valence-corrected chi connectivity index (χ2v) is 7.10. The lowest BCUT2D eigenvalue weighted by atomic mass is 10.0. The van der Waals surface area contributed by atoms with Crippen molar-refractivity contribution in [3.8, 4) is 5.75 Å². The summed E-state index contributed by atoms with van der Waals surface area (Å²) in [5.74, 6) is -0.494. The van der Waals surface area contributed by atoms with Gasteiger partial charge in [0.15, 0.2) is 6.61 Å². The molecule has 8 heteroatoms. The number of halogens is 3. The van der Waals surface area contributed by atoms with E-state index in [1.165, 1.54) is 0 Å². The molecule has 0 unspecified atom stereocenters. The van der Waals surface area contributed by atoms with E-state index in [-0.39, 0.29) is 23.1 Å². The van der Waals surface area contributed by atoms with Crippen molar-refractivity contribution in [3.63, 3.8) is 0 Å². The van der Waals surface area contributed by atoms with Crippen molar-refractivity contribution >= 4 is 11.6 Å². The molecule has 27 heavy (non-hydrogen) atoms. The number of hydrogen-bond donors (Lipinski definition) is 1. The van der Waals surface area contributed by atoms with Crippen molar-refractivity contribution in [2.75, 3.05) is 6.61 Å². The number of carbonyl (C=O) groups is 1. The first-order valence-corrected chi connectivity index (χ1v) is 8.91. The molecule has 0 fully saturated rings. The van der Waals surface area contributed by atoms with Crippen LogP contribution in [0.15, 0.2) is 23.3 Å². The van der Waals surface area contributed by atoms with Gasteiger partial charge in [0.25, 0.3) is 11.6 Å². The van der Waals surface area contributed by atoms with Crippen molar-refractivity contribution < 1.29 is 27.8 Å². The van der Waals surface area contributed by atoms with Crippen LogP contribution >= 0.6 is 0 Å². The quantitative estimate of drug-likeness (QED) is 0.799. The molecular weight excluding hydrogens is 361 g/mol. The second kappa shape index (κ2) is 7.88. The Morgan fingerprint density at radius 3 is 2.63 bits per heavy atom. The van der Waals surface area contributed by atoms with Gasteiger partial charge < -0.3 is 9.84 Å². The number of hydrazone groups is 1. The number of amides is 1. The summed E-state index contributed by atoms with van der Waals surface area (Å²) in [6.07, 6.45) is -4.92. The van der Waals surface area contributed by atoms with Crippen molar-refractivity contribution in [3.05, 3.63) is 29.3 Å². The first kappa shape index (κ1) is 21.2. The Hall–Kier alpha value is -2.09. The minimum Gasteiger partial charge on any atom is -0.483 e. The molecule has 1 amide bonds. The number of carbonyl (C=O) groups excluding carboxylic acids is 1. The van der Waals surface area contributed by atoms with Gasteiger partial charge >= 0.3 is 6.18 Å². The molecule has 1 aliphatic rings. The van der Waals surface area contributed by atoms with Gasteiger partial charge in [0.05, 0.1) is 0 Å². The van der Waals surface area contributed by atoms with Crippen LogP contribution in [0.25, 0.3) is 0 Å². The van der Waals surface area contributed by atoms with Gasteiger partial charge in [-0.05, 0) is 36.5 Å². The fraction of sp³-hybridized carbons (Fsp3) is 0.579. The highest BCUT2D eigenvalue weighted by Crippen LogP contribution is 2.41. The van der Waals surface area contributed by atoms with E-state index in [1.807, 2.05) is 32.9 Å². The third-order valence-corrected chi connectivity index (χ3v) is 4.41. The fourth-order valence-electron chi connectivity index (χ4n) is 2.97. The van der Waals surface area contributed by atoms with Crippen LogP contribution in [0.4, 0.5) is 13.2 Å². The molecule has 0 aliphatic carbocycles. The highest BCUT2D eigenvalue weighted by Gasteiger charge is 2.63. The van der Waals surface area contributed by atoms with Gasteiger partial charge in [-0.2, -0.15) is 23.3 Å². The predicted molar refractivity (Wildman–Crippen MR) is 95.6 cm³/mol. The molecule has 1 aliphatic heterocycles. The third-order valence-electron chi connectivity index (χ3n) is 4.41. The zero-order chi connectivity index (χ0) is 20.4. The summed E-state index contributed by atoms with van der Waals surface area (Å²) >= 11 is 0. The van der Waals surface area contributed by atoms with E-state index < -0.39 is 30.8 Å². The summed E-state index contributed by atoms with van der Waals surface area (Å²) in [5, 5.41) is 14.0. The zero-order valence-electron chi connectivity index (χ0n) is 15.9. The van der Waals surface area contributed by atoms with E-state index >= 15 is 0 Å². The third kappa shape index (κ3) is 4.43. The number of ether oxygens (including phenoxy) is 1. The molecule has 1 N–H and O–H groups in total. The predicted octanol–water partition coefficient (Wildman–Crippen LogP) is 4.14. The smallest absolute Gasteiger partial charge is 0.438 e. The van der Waals surface area contributed by atoms with Gasteiger partial charge in [0.1, 0.15) is 5.75 Å². The number of hydrogen-bond acceptors (Lipinski definition) is 4. The lowest BCUT2D eigenvalue weighted by Crippen LogP contribution is -2.57. The van der Waals surface area contributed by atoms with Crippen molar-refractivity contribution in [1.82, 2.24) is 5.01 Å². The van der Waals surface area contributed by atoms with E-state index in [1.54, 1.807) is 13.0 Å². The monoisotopic (exact) mass is 386 g/mol. The van der Waals surface area contributed by atoms with Crippen LogP contribution in [-0.4, -0.2) is 40.2 Å². The zero-order valence-corrected chi connectivity index (χ0v) is 15.9. The Morgan fingerprint density at radius 2 is 2.07 bits per heavy atom. The van der Waals surface area contributed by atoms with Gasteiger partial charge in [0, 0.05) is 12.1 Å². The molecule has 1 aromatic carbocycles. The van der Waals surface area contributed by atoms with Crippen molar-refractivity contribution in [2.24, 2.45) is 5.10 Å². The minimum absolute atomic E-state index is 0.115.